The molecule has 152 valence electrons. The van der Waals surface area contributed by atoms with Crippen LogP contribution in [0.4, 0.5) is 0 Å². The van der Waals surface area contributed by atoms with E-state index in [1.807, 2.05) is 36.4 Å². The van der Waals surface area contributed by atoms with Crippen LogP contribution >= 0.6 is 0 Å². The number of para-hydroxylation sites is 1. The van der Waals surface area contributed by atoms with Gasteiger partial charge in [-0.25, -0.2) is 0 Å². The molecule has 0 N–H and O–H groups in total. The Morgan fingerprint density at radius 2 is 1.60 bits per heavy atom. The lowest BCUT2D eigenvalue weighted by Crippen LogP contribution is -2.53. The third-order valence-corrected chi connectivity index (χ3v) is 6.50. The van der Waals surface area contributed by atoms with Crippen LogP contribution in [-0.4, -0.2) is 54.7 Å². The van der Waals surface area contributed by atoms with Gasteiger partial charge in [0.25, 0.3) is 0 Å². The molecule has 3 aromatic carbocycles. The number of carbonyl (C=O) groups is 1. The fraction of sp³-hybridized carbons (Fsp3) is 0.269. The number of ketones is 1. The number of aromatic nitrogens is 1. The summed E-state index contributed by atoms with van der Waals surface area (Å²) >= 11 is 0. The first-order chi connectivity index (χ1) is 14.6. The van der Waals surface area contributed by atoms with Gasteiger partial charge in [0.05, 0.1) is 33.4 Å². The maximum absolute atomic E-state index is 13.6. The van der Waals surface area contributed by atoms with Gasteiger partial charge in [-0.1, -0.05) is 60.7 Å². The van der Waals surface area contributed by atoms with Crippen LogP contribution in [0.2, 0.25) is 0 Å². The SMILES string of the molecule is C[N+]1(CCn2cc(C(=O)c3cccc4ccccc34)c3ccccc32)CCOCC1. The van der Waals surface area contributed by atoms with Crippen LogP contribution in [0.5, 0.6) is 0 Å². The molecule has 1 aliphatic rings. The summed E-state index contributed by atoms with van der Waals surface area (Å²) in [5, 5.41) is 3.13. The summed E-state index contributed by atoms with van der Waals surface area (Å²) in [5.74, 6) is 0.0912. The number of fused-ring (bicyclic) bond motifs is 2. The highest BCUT2D eigenvalue weighted by Crippen LogP contribution is 2.27. The molecule has 5 rings (SSSR count). The van der Waals surface area contributed by atoms with Gasteiger partial charge < -0.3 is 13.8 Å². The molecular formula is C26H27N2O2+. The van der Waals surface area contributed by atoms with Crippen molar-refractivity contribution in [3.63, 3.8) is 0 Å². The lowest BCUT2D eigenvalue weighted by atomic mass is 9.97. The predicted molar refractivity (Wildman–Crippen MR) is 121 cm³/mol. The number of benzene rings is 3. The van der Waals surface area contributed by atoms with E-state index in [4.69, 9.17) is 4.74 Å². The van der Waals surface area contributed by atoms with Crippen molar-refractivity contribution < 1.29 is 14.0 Å². The number of nitrogens with zero attached hydrogens (tertiary/aromatic N) is 2. The molecule has 4 aromatic rings. The van der Waals surface area contributed by atoms with Crippen LogP contribution in [-0.2, 0) is 11.3 Å². The van der Waals surface area contributed by atoms with Gasteiger partial charge in [-0.15, -0.1) is 0 Å². The third-order valence-electron chi connectivity index (χ3n) is 6.50. The molecule has 2 heterocycles. The normalized spacial score (nSPS) is 16.2. The van der Waals surface area contributed by atoms with Crippen LogP contribution in [0.25, 0.3) is 21.7 Å². The lowest BCUT2D eigenvalue weighted by Gasteiger charge is -2.37. The van der Waals surface area contributed by atoms with Crippen LogP contribution < -0.4 is 0 Å². The standard InChI is InChI=1S/C26H27N2O2/c1-28(15-17-30-18-16-28)14-13-27-19-24(22-10-4-5-12-25(22)27)26(29)23-11-6-8-20-7-2-3-9-21(20)23/h2-12,19H,13-18H2,1H3/q+1. The van der Waals surface area contributed by atoms with Crippen LogP contribution in [0.3, 0.4) is 0 Å². The van der Waals surface area contributed by atoms with E-state index in [1.165, 1.54) is 0 Å². The van der Waals surface area contributed by atoms with Crippen molar-refractivity contribution in [3.05, 3.63) is 84.1 Å². The average molecular weight is 400 g/mol. The van der Waals surface area contributed by atoms with Gasteiger partial charge in [-0.3, -0.25) is 4.79 Å². The number of rotatable bonds is 5. The number of likely N-dealkylation sites (N-methyl/N-ethyl adjacent to an activating group) is 1. The fourth-order valence-corrected chi connectivity index (χ4v) is 4.54. The molecular weight excluding hydrogens is 372 g/mol. The molecule has 0 aliphatic carbocycles. The second-order valence-electron chi connectivity index (χ2n) is 8.51. The number of quaternary nitrogens is 1. The quantitative estimate of drug-likeness (QED) is 0.365. The first-order valence-corrected chi connectivity index (χ1v) is 10.7. The third kappa shape index (κ3) is 3.42. The number of ether oxygens (including phenoxy) is 1. The van der Waals surface area contributed by atoms with Crippen molar-refractivity contribution in [1.29, 1.82) is 0 Å². The second-order valence-corrected chi connectivity index (χ2v) is 8.51. The molecule has 0 radical (unpaired) electrons. The Hall–Kier alpha value is -2.95. The molecule has 30 heavy (non-hydrogen) atoms. The fourth-order valence-electron chi connectivity index (χ4n) is 4.54. The number of carbonyl (C=O) groups excluding carboxylic acids is 1. The van der Waals surface area contributed by atoms with Gasteiger partial charge in [0, 0.05) is 28.2 Å². The molecule has 4 heteroatoms. The van der Waals surface area contributed by atoms with E-state index < -0.39 is 0 Å². The molecule has 0 unspecified atom stereocenters. The number of hydrogen-bond donors (Lipinski definition) is 0. The van der Waals surface area contributed by atoms with Gasteiger partial charge in [0.15, 0.2) is 5.78 Å². The minimum atomic E-state index is 0.0912. The van der Waals surface area contributed by atoms with Gasteiger partial charge in [-0.2, -0.15) is 0 Å². The van der Waals surface area contributed by atoms with Crippen molar-refractivity contribution in [2.75, 3.05) is 39.9 Å². The smallest absolute Gasteiger partial charge is 0.195 e. The molecule has 1 aromatic heterocycles. The lowest BCUT2D eigenvalue weighted by molar-refractivity contribution is -0.917. The highest BCUT2D eigenvalue weighted by molar-refractivity contribution is 6.21. The average Bonchev–Trinajstić information content (AvgIpc) is 3.16. The zero-order chi connectivity index (χ0) is 20.6. The largest absolute Gasteiger partial charge is 0.370 e. The Morgan fingerprint density at radius 1 is 0.900 bits per heavy atom. The highest BCUT2D eigenvalue weighted by atomic mass is 16.5. The van der Waals surface area contributed by atoms with E-state index in [-0.39, 0.29) is 5.78 Å². The van der Waals surface area contributed by atoms with Crippen molar-refractivity contribution in [2.45, 2.75) is 6.54 Å². The molecule has 0 atom stereocenters. The van der Waals surface area contributed by atoms with Crippen LogP contribution in [0.15, 0.2) is 72.9 Å². The van der Waals surface area contributed by atoms with E-state index in [9.17, 15) is 4.79 Å². The molecule has 4 nitrogen and oxygen atoms in total. The maximum atomic E-state index is 13.6. The minimum absolute atomic E-state index is 0.0912. The summed E-state index contributed by atoms with van der Waals surface area (Å²) in [6.45, 7) is 5.66. The summed E-state index contributed by atoms with van der Waals surface area (Å²) in [4.78, 5) is 13.6. The van der Waals surface area contributed by atoms with Crippen molar-refractivity contribution in [1.82, 2.24) is 4.57 Å². The second kappa shape index (κ2) is 7.71. The topological polar surface area (TPSA) is 31.2 Å². The molecule has 1 fully saturated rings. The van der Waals surface area contributed by atoms with E-state index in [2.05, 4.69) is 48.1 Å². The number of morpholine rings is 1. The summed E-state index contributed by atoms with van der Waals surface area (Å²) in [5.41, 5.74) is 2.68. The van der Waals surface area contributed by atoms with E-state index in [1.54, 1.807) is 0 Å². The van der Waals surface area contributed by atoms with E-state index >= 15 is 0 Å². The zero-order valence-electron chi connectivity index (χ0n) is 17.4. The molecule has 1 saturated heterocycles. The first kappa shape index (κ1) is 19.0. The molecule has 0 bridgehead atoms. The van der Waals surface area contributed by atoms with Crippen LogP contribution in [0, 0.1) is 0 Å². The maximum Gasteiger partial charge on any atom is 0.195 e. The van der Waals surface area contributed by atoms with E-state index in [0.717, 1.165) is 76.7 Å². The summed E-state index contributed by atoms with van der Waals surface area (Å²) in [6.07, 6.45) is 2.06. The first-order valence-electron chi connectivity index (χ1n) is 10.7. The molecule has 0 saturated carbocycles. The van der Waals surface area contributed by atoms with Gasteiger partial charge in [-0.05, 0) is 16.8 Å². The number of hydrogen-bond acceptors (Lipinski definition) is 2. The summed E-state index contributed by atoms with van der Waals surface area (Å²) < 4.78 is 8.81. The Morgan fingerprint density at radius 3 is 2.43 bits per heavy atom. The molecule has 1 aliphatic heterocycles. The Labute approximate surface area is 176 Å². The van der Waals surface area contributed by atoms with Crippen molar-refractivity contribution >= 4 is 27.5 Å². The Kier molecular flexibility index (Phi) is 4.89. The van der Waals surface area contributed by atoms with E-state index in [0.29, 0.717) is 0 Å². The summed E-state index contributed by atoms with van der Waals surface area (Å²) in [6, 6.07) is 22.3. The van der Waals surface area contributed by atoms with Gasteiger partial charge >= 0.3 is 0 Å². The monoisotopic (exact) mass is 399 g/mol. The van der Waals surface area contributed by atoms with Gasteiger partial charge in [0.1, 0.15) is 13.1 Å². The van der Waals surface area contributed by atoms with Crippen molar-refractivity contribution in [2.24, 2.45) is 0 Å². The predicted octanol–water partition coefficient (Wildman–Crippen LogP) is 4.50. The minimum Gasteiger partial charge on any atom is -0.370 e. The molecule has 0 amide bonds. The van der Waals surface area contributed by atoms with Crippen LogP contribution in [0.1, 0.15) is 15.9 Å². The highest BCUT2D eigenvalue weighted by Gasteiger charge is 2.26. The Bertz CT molecular complexity index is 1210. The Balaban J connectivity index is 1.53. The van der Waals surface area contributed by atoms with Gasteiger partial charge in [0.2, 0.25) is 0 Å². The zero-order valence-corrected chi connectivity index (χ0v) is 17.4. The summed E-state index contributed by atoms with van der Waals surface area (Å²) in [7, 11) is 2.30. The van der Waals surface area contributed by atoms with Crippen molar-refractivity contribution in [3.8, 4) is 0 Å². The molecule has 0 spiro atoms.